The number of anilines is 1. The molecular formula is C15H13F2N3O. The molecule has 0 saturated carbocycles. The first-order valence-corrected chi connectivity index (χ1v) is 6.27. The topological polar surface area (TPSA) is 57.9 Å². The van der Waals surface area contributed by atoms with Crippen molar-refractivity contribution in [2.75, 3.05) is 5.32 Å². The van der Waals surface area contributed by atoms with Crippen molar-refractivity contribution in [1.82, 2.24) is 4.98 Å². The summed E-state index contributed by atoms with van der Waals surface area (Å²) >= 11 is 0. The van der Waals surface area contributed by atoms with Gasteiger partial charge in [-0.1, -0.05) is 18.2 Å². The molecule has 0 bridgehead atoms. The second-order valence-corrected chi connectivity index (χ2v) is 4.29. The zero-order chi connectivity index (χ0) is 15.2. The molecule has 2 aromatic rings. The van der Waals surface area contributed by atoms with E-state index in [0.717, 1.165) is 0 Å². The number of pyridine rings is 1. The van der Waals surface area contributed by atoms with Gasteiger partial charge in [-0.3, -0.25) is 0 Å². The van der Waals surface area contributed by atoms with Crippen molar-refractivity contribution in [3.05, 3.63) is 53.7 Å². The van der Waals surface area contributed by atoms with Gasteiger partial charge in [0, 0.05) is 11.8 Å². The Bertz CT molecular complexity index is 655. The molecule has 1 aromatic carbocycles. The number of nitrogens with zero attached hydrogens (tertiary/aromatic N) is 2. The molecule has 0 spiro atoms. The summed E-state index contributed by atoms with van der Waals surface area (Å²) in [5.41, 5.74) is 0.948. The molecule has 4 nitrogen and oxygen atoms in total. The fourth-order valence-corrected chi connectivity index (χ4v) is 1.93. The van der Waals surface area contributed by atoms with Gasteiger partial charge in [-0.25, -0.2) is 4.98 Å². The van der Waals surface area contributed by atoms with Crippen LogP contribution in [0.1, 0.15) is 24.1 Å². The summed E-state index contributed by atoms with van der Waals surface area (Å²) in [6, 6.07) is 11.5. The predicted octanol–water partition coefficient (Wildman–Crippen LogP) is 3.73. The first-order valence-electron chi connectivity index (χ1n) is 6.27. The van der Waals surface area contributed by atoms with Gasteiger partial charge in [-0.2, -0.15) is 14.0 Å². The van der Waals surface area contributed by atoms with E-state index in [4.69, 9.17) is 5.26 Å². The molecule has 0 radical (unpaired) electrons. The van der Waals surface area contributed by atoms with Crippen LogP contribution in [-0.4, -0.2) is 11.6 Å². The maximum Gasteiger partial charge on any atom is 0.387 e. The van der Waals surface area contributed by atoms with Crippen molar-refractivity contribution >= 4 is 5.82 Å². The van der Waals surface area contributed by atoms with Crippen LogP contribution in [0.5, 0.6) is 5.75 Å². The van der Waals surface area contributed by atoms with E-state index in [9.17, 15) is 8.78 Å². The van der Waals surface area contributed by atoms with Crippen molar-refractivity contribution in [1.29, 1.82) is 5.26 Å². The Kier molecular flexibility index (Phi) is 4.67. The fourth-order valence-electron chi connectivity index (χ4n) is 1.93. The molecular weight excluding hydrogens is 276 g/mol. The lowest BCUT2D eigenvalue weighted by Gasteiger charge is -2.18. The molecule has 1 heterocycles. The molecule has 0 saturated heterocycles. The standard InChI is InChI=1S/C15H13F2N3O/c1-10(20-14-11(9-18)5-4-8-19-14)12-6-2-3-7-13(12)21-15(16)17/h2-8,10,15H,1H3,(H,19,20). The molecule has 0 aliphatic heterocycles. The minimum absolute atomic E-state index is 0.0990. The van der Waals surface area contributed by atoms with E-state index >= 15 is 0 Å². The Morgan fingerprint density at radius 3 is 2.71 bits per heavy atom. The Morgan fingerprint density at radius 1 is 1.24 bits per heavy atom. The molecule has 2 rings (SSSR count). The summed E-state index contributed by atoms with van der Waals surface area (Å²) in [6.45, 7) is -1.10. The number of hydrogen-bond acceptors (Lipinski definition) is 4. The highest BCUT2D eigenvalue weighted by molar-refractivity contribution is 5.53. The highest BCUT2D eigenvalue weighted by atomic mass is 19.3. The van der Waals surface area contributed by atoms with Gasteiger partial charge in [0.1, 0.15) is 17.6 Å². The van der Waals surface area contributed by atoms with Gasteiger partial charge < -0.3 is 10.1 Å². The van der Waals surface area contributed by atoms with E-state index < -0.39 is 6.61 Å². The Morgan fingerprint density at radius 2 is 2.00 bits per heavy atom. The van der Waals surface area contributed by atoms with Crippen LogP contribution in [0.15, 0.2) is 42.6 Å². The van der Waals surface area contributed by atoms with Crippen LogP contribution in [0.3, 0.4) is 0 Å². The van der Waals surface area contributed by atoms with Gasteiger partial charge in [0.05, 0.1) is 11.6 Å². The van der Waals surface area contributed by atoms with Crippen LogP contribution >= 0.6 is 0 Å². The monoisotopic (exact) mass is 289 g/mol. The third kappa shape index (κ3) is 3.66. The summed E-state index contributed by atoms with van der Waals surface area (Å²) < 4.78 is 29.3. The lowest BCUT2D eigenvalue weighted by molar-refractivity contribution is -0.0505. The third-order valence-electron chi connectivity index (χ3n) is 2.88. The quantitative estimate of drug-likeness (QED) is 0.911. The zero-order valence-corrected chi connectivity index (χ0v) is 11.3. The van der Waals surface area contributed by atoms with E-state index in [-0.39, 0.29) is 11.8 Å². The highest BCUT2D eigenvalue weighted by Gasteiger charge is 2.15. The number of para-hydroxylation sites is 1. The van der Waals surface area contributed by atoms with Crippen LogP contribution in [0.25, 0.3) is 0 Å². The number of halogens is 2. The predicted molar refractivity (Wildman–Crippen MR) is 74.1 cm³/mol. The number of alkyl halides is 2. The van der Waals surface area contributed by atoms with Gasteiger partial charge in [-0.05, 0) is 25.1 Å². The summed E-state index contributed by atoms with van der Waals surface area (Å²) in [7, 11) is 0. The second kappa shape index (κ2) is 6.66. The number of benzene rings is 1. The summed E-state index contributed by atoms with van der Waals surface area (Å²) in [4.78, 5) is 4.08. The van der Waals surface area contributed by atoms with Crippen LogP contribution in [-0.2, 0) is 0 Å². The van der Waals surface area contributed by atoms with Crippen molar-refractivity contribution in [2.24, 2.45) is 0 Å². The smallest absolute Gasteiger partial charge is 0.387 e. The highest BCUT2D eigenvalue weighted by Crippen LogP contribution is 2.29. The molecule has 1 aromatic heterocycles. The van der Waals surface area contributed by atoms with Crippen molar-refractivity contribution in [3.8, 4) is 11.8 Å². The lowest BCUT2D eigenvalue weighted by atomic mass is 10.1. The first-order chi connectivity index (χ1) is 10.1. The molecule has 0 fully saturated rings. The molecule has 0 aliphatic carbocycles. The Labute approximate surface area is 121 Å². The lowest BCUT2D eigenvalue weighted by Crippen LogP contribution is -2.12. The molecule has 1 unspecified atom stereocenters. The van der Waals surface area contributed by atoms with E-state index in [2.05, 4.69) is 15.0 Å². The number of nitrogens with one attached hydrogen (secondary N) is 1. The summed E-state index contributed by atoms with van der Waals surface area (Å²) in [5, 5.41) is 12.1. The summed E-state index contributed by atoms with van der Waals surface area (Å²) in [5.74, 6) is 0.501. The molecule has 0 amide bonds. The van der Waals surface area contributed by atoms with E-state index in [1.165, 1.54) is 6.07 Å². The SMILES string of the molecule is CC(Nc1ncccc1C#N)c1ccccc1OC(F)F. The fraction of sp³-hybridized carbons (Fsp3) is 0.200. The third-order valence-corrected chi connectivity index (χ3v) is 2.88. The normalized spacial score (nSPS) is 11.8. The van der Waals surface area contributed by atoms with Gasteiger partial charge >= 0.3 is 6.61 Å². The number of aromatic nitrogens is 1. The molecule has 0 aliphatic rings. The van der Waals surface area contributed by atoms with Gasteiger partial charge in [0.2, 0.25) is 0 Å². The second-order valence-electron chi connectivity index (χ2n) is 4.29. The van der Waals surface area contributed by atoms with Crippen molar-refractivity contribution in [2.45, 2.75) is 19.6 Å². The van der Waals surface area contributed by atoms with Crippen molar-refractivity contribution in [3.63, 3.8) is 0 Å². The largest absolute Gasteiger partial charge is 0.434 e. The van der Waals surface area contributed by atoms with Crippen molar-refractivity contribution < 1.29 is 13.5 Å². The van der Waals surface area contributed by atoms with Crippen LogP contribution in [0.2, 0.25) is 0 Å². The van der Waals surface area contributed by atoms with E-state index in [1.54, 1.807) is 43.5 Å². The molecule has 21 heavy (non-hydrogen) atoms. The Hall–Kier alpha value is -2.68. The molecule has 6 heteroatoms. The van der Waals surface area contributed by atoms with E-state index in [0.29, 0.717) is 16.9 Å². The number of ether oxygens (including phenoxy) is 1. The summed E-state index contributed by atoms with van der Waals surface area (Å²) in [6.07, 6.45) is 1.55. The minimum Gasteiger partial charge on any atom is -0.434 e. The minimum atomic E-state index is -2.89. The molecule has 108 valence electrons. The zero-order valence-electron chi connectivity index (χ0n) is 11.3. The maximum absolute atomic E-state index is 12.4. The van der Waals surface area contributed by atoms with Crippen LogP contribution in [0.4, 0.5) is 14.6 Å². The Balaban J connectivity index is 2.25. The number of rotatable bonds is 5. The average Bonchev–Trinajstić information content (AvgIpc) is 2.47. The van der Waals surface area contributed by atoms with Gasteiger partial charge in [0.15, 0.2) is 0 Å². The van der Waals surface area contributed by atoms with E-state index in [1.807, 2.05) is 6.07 Å². The number of nitriles is 1. The molecule has 1 atom stereocenters. The van der Waals surface area contributed by atoms with Crippen LogP contribution in [0, 0.1) is 11.3 Å². The average molecular weight is 289 g/mol. The van der Waals surface area contributed by atoms with Crippen LogP contribution < -0.4 is 10.1 Å². The van der Waals surface area contributed by atoms with Gasteiger partial charge in [0.25, 0.3) is 0 Å². The molecule has 1 N–H and O–H groups in total. The van der Waals surface area contributed by atoms with Gasteiger partial charge in [-0.15, -0.1) is 0 Å². The first kappa shape index (κ1) is 14.7. The number of hydrogen-bond donors (Lipinski definition) is 1. The maximum atomic E-state index is 12.4.